The number of rotatable bonds is 7. The van der Waals surface area contributed by atoms with E-state index in [9.17, 15) is 49.2 Å². The minimum atomic E-state index is -2.21. The normalized spacial score (nSPS) is 10.0. The first-order valence-corrected chi connectivity index (χ1v) is 6.54. The highest BCUT2D eigenvalue weighted by atomic mass is 16.5. The zero-order valence-electron chi connectivity index (χ0n) is 12.8. The van der Waals surface area contributed by atoms with Crippen molar-refractivity contribution in [2.24, 2.45) is 0 Å². The number of carbonyl (C=O) groups is 6. The van der Waals surface area contributed by atoms with Crippen molar-refractivity contribution in [2.45, 2.75) is 6.92 Å². The van der Waals surface area contributed by atoms with Gasteiger partial charge in [-0.3, -0.25) is 0 Å². The molecule has 1 aromatic rings. The number of carboxylic acid groups (broad SMARTS) is 5. The van der Waals surface area contributed by atoms with Crippen LogP contribution in [0, 0.1) is 0 Å². The summed E-state index contributed by atoms with van der Waals surface area (Å²) in [6, 6.07) is 0. The van der Waals surface area contributed by atoms with Gasteiger partial charge in [0.1, 0.15) is 0 Å². The molecule has 0 aromatic heterocycles. The Morgan fingerprint density at radius 3 is 1.00 bits per heavy atom. The summed E-state index contributed by atoms with van der Waals surface area (Å²) < 4.78 is 4.48. The fourth-order valence-electron chi connectivity index (χ4n) is 2.23. The SMILES string of the molecule is CCOC(=O)c1c(C(=O)O)c(C(=O)O)c(C(=O)O)c(C(=O)O)c1C(=O)O. The molecule has 5 N–H and O–H groups in total. The maximum atomic E-state index is 12.0. The predicted molar refractivity (Wildman–Crippen MR) is 77.2 cm³/mol. The van der Waals surface area contributed by atoms with E-state index in [1.165, 1.54) is 6.92 Å². The van der Waals surface area contributed by atoms with Gasteiger partial charge in [-0.15, -0.1) is 0 Å². The topological polar surface area (TPSA) is 213 Å². The van der Waals surface area contributed by atoms with Crippen molar-refractivity contribution >= 4 is 35.8 Å². The van der Waals surface area contributed by atoms with Crippen molar-refractivity contribution in [1.82, 2.24) is 0 Å². The molecule has 0 saturated carbocycles. The molecule has 0 radical (unpaired) electrons. The Labute approximate surface area is 142 Å². The molecule has 1 aromatic carbocycles. The van der Waals surface area contributed by atoms with Gasteiger partial charge < -0.3 is 30.3 Å². The molecule has 0 spiro atoms. The number of esters is 1. The standard InChI is InChI=1S/C14H10O12/c1-2-26-14(25)8-6(12(21)22)4(10(17)18)3(9(15)16)5(11(19)20)7(8)13(23)24/h2H2,1H3,(H,15,16)(H,17,18)(H,19,20)(H,21,22)(H,23,24). The van der Waals surface area contributed by atoms with Crippen LogP contribution in [0.3, 0.4) is 0 Å². The lowest BCUT2D eigenvalue weighted by atomic mass is 9.86. The van der Waals surface area contributed by atoms with Crippen LogP contribution < -0.4 is 0 Å². The Morgan fingerprint density at radius 2 is 0.808 bits per heavy atom. The number of hydrogen-bond acceptors (Lipinski definition) is 7. The van der Waals surface area contributed by atoms with Crippen molar-refractivity contribution in [3.8, 4) is 0 Å². The maximum Gasteiger partial charge on any atom is 0.339 e. The molecule has 12 nitrogen and oxygen atoms in total. The van der Waals surface area contributed by atoms with Crippen molar-refractivity contribution in [1.29, 1.82) is 0 Å². The van der Waals surface area contributed by atoms with E-state index in [-0.39, 0.29) is 6.61 Å². The van der Waals surface area contributed by atoms with Gasteiger partial charge in [0, 0.05) is 0 Å². The van der Waals surface area contributed by atoms with Crippen LogP contribution in [0.15, 0.2) is 0 Å². The van der Waals surface area contributed by atoms with Crippen LogP contribution >= 0.6 is 0 Å². The van der Waals surface area contributed by atoms with Gasteiger partial charge in [0.05, 0.1) is 40.0 Å². The van der Waals surface area contributed by atoms with Crippen LogP contribution in [0.25, 0.3) is 0 Å². The van der Waals surface area contributed by atoms with Crippen LogP contribution in [0.2, 0.25) is 0 Å². The molecule has 0 unspecified atom stereocenters. The number of ether oxygens (including phenoxy) is 1. The first kappa shape index (κ1) is 20.1. The van der Waals surface area contributed by atoms with Gasteiger partial charge in [0.25, 0.3) is 0 Å². The van der Waals surface area contributed by atoms with Gasteiger partial charge in [-0.2, -0.15) is 0 Å². The molecule has 0 heterocycles. The van der Waals surface area contributed by atoms with E-state index < -0.39 is 69.2 Å². The third kappa shape index (κ3) is 3.28. The van der Waals surface area contributed by atoms with Crippen LogP contribution in [0.1, 0.15) is 69.1 Å². The molecule has 0 fully saturated rings. The van der Waals surface area contributed by atoms with E-state index >= 15 is 0 Å². The zero-order valence-corrected chi connectivity index (χ0v) is 12.8. The number of carboxylic acids is 5. The Bertz CT molecular complexity index is 810. The predicted octanol–water partition coefficient (Wildman–Crippen LogP) is 0.354. The number of hydrogen-bond donors (Lipinski definition) is 5. The van der Waals surface area contributed by atoms with Gasteiger partial charge in [0.2, 0.25) is 0 Å². The van der Waals surface area contributed by atoms with E-state index in [0.29, 0.717) is 0 Å². The van der Waals surface area contributed by atoms with E-state index in [2.05, 4.69) is 4.74 Å². The second kappa shape index (κ2) is 7.29. The minimum Gasteiger partial charge on any atom is -0.478 e. The molecule has 0 aliphatic heterocycles. The van der Waals surface area contributed by atoms with E-state index in [1.54, 1.807) is 0 Å². The summed E-state index contributed by atoms with van der Waals surface area (Å²) in [4.78, 5) is 69.2. The Hall–Kier alpha value is -3.96. The van der Waals surface area contributed by atoms with Crippen LogP contribution in [-0.2, 0) is 4.74 Å². The average molecular weight is 370 g/mol. The lowest BCUT2D eigenvalue weighted by Crippen LogP contribution is -2.28. The second-order valence-corrected chi connectivity index (χ2v) is 4.50. The second-order valence-electron chi connectivity index (χ2n) is 4.50. The lowest BCUT2D eigenvalue weighted by Gasteiger charge is -2.17. The molecule has 0 aliphatic rings. The highest BCUT2D eigenvalue weighted by Crippen LogP contribution is 2.30. The van der Waals surface area contributed by atoms with Gasteiger partial charge in [-0.05, 0) is 6.92 Å². The van der Waals surface area contributed by atoms with Crippen molar-refractivity contribution < 1.29 is 59.0 Å². The highest BCUT2D eigenvalue weighted by Gasteiger charge is 2.40. The van der Waals surface area contributed by atoms with Gasteiger partial charge in [-0.25, -0.2) is 28.8 Å². The summed E-state index contributed by atoms with van der Waals surface area (Å²) in [6.45, 7) is 0.878. The number of benzene rings is 1. The molecule has 26 heavy (non-hydrogen) atoms. The summed E-state index contributed by atoms with van der Waals surface area (Å²) in [7, 11) is 0. The first-order chi connectivity index (χ1) is 12.0. The van der Waals surface area contributed by atoms with Crippen molar-refractivity contribution in [2.75, 3.05) is 6.61 Å². The highest BCUT2D eigenvalue weighted by molar-refractivity contribution is 6.23. The van der Waals surface area contributed by atoms with Crippen LogP contribution in [-0.4, -0.2) is 68.0 Å². The summed E-state index contributed by atoms with van der Waals surface area (Å²) in [6.07, 6.45) is 0. The number of carbonyl (C=O) groups excluding carboxylic acids is 1. The monoisotopic (exact) mass is 370 g/mol. The van der Waals surface area contributed by atoms with E-state index in [1.807, 2.05) is 0 Å². The molecule has 1 rings (SSSR count). The zero-order chi connectivity index (χ0) is 20.3. The molecule has 0 aliphatic carbocycles. The molecular formula is C14H10O12. The lowest BCUT2D eigenvalue weighted by molar-refractivity contribution is 0.0499. The molecule has 0 amide bonds. The summed E-state index contributed by atoms with van der Waals surface area (Å²) >= 11 is 0. The fourth-order valence-corrected chi connectivity index (χ4v) is 2.23. The summed E-state index contributed by atoms with van der Waals surface area (Å²) in [5.74, 6) is -12.5. The fraction of sp³-hybridized carbons (Fsp3) is 0.143. The van der Waals surface area contributed by atoms with Crippen molar-refractivity contribution in [3.05, 3.63) is 33.4 Å². The van der Waals surface area contributed by atoms with E-state index in [4.69, 9.17) is 5.11 Å². The van der Waals surface area contributed by atoms with Gasteiger partial charge in [0.15, 0.2) is 0 Å². The van der Waals surface area contributed by atoms with E-state index in [0.717, 1.165) is 0 Å². The van der Waals surface area contributed by atoms with Gasteiger partial charge in [-0.1, -0.05) is 0 Å². The maximum absolute atomic E-state index is 12.0. The largest absolute Gasteiger partial charge is 0.478 e. The third-order valence-electron chi connectivity index (χ3n) is 3.05. The summed E-state index contributed by atoms with van der Waals surface area (Å²) in [5.41, 5.74) is -9.10. The smallest absolute Gasteiger partial charge is 0.339 e. The molecule has 0 saturated heterocycles. The van der Waals surface area contributed by atoms with Crippen LogP contribution in [0.4, 0.5) is 0 Å². The molecule has 0 bridgehead atoms. The molecule has 0 atom stereocenters. The van der Waals surface area contributed by atoms with Crippen LogP contribution in [0.5, 0.6) is 0 Å². The number of aromatic carboxylic acids is 5. The third-order valence-corrected chi connectivity index (χ3v) is 3.05. The Kier molecular flexibility index (Phi) is 5.63. The Balaban J connectivity index is 4.44. The average Bonchev–Trinajstić information content (AvgIpc) is 2.51. The summed E-state index contributed by atoms with van der Waals surface area (Å²) in [5, 5.41) is 46.1. The quantitative estimate of drug-likeness (QED) is 0.411. The van der Waals surface area contributed by atoms with Crippen molar-refractivity contribution in [3.63, 3.8) is 0 Å². The van der Waals surface area contributed by atoms with Gasteiger partial charge >= 0.3 is 35.8 Å². The molecule has 12 heteroatoms. The Morgan fingerprint density at radius 1 is 0.577 bits per heavy atom. The first-order valence-electron chi connectivity index (χ1n) is 6.54. The minimum absolute atomic E-state index is 0.386. The molecular weight excluding hydrogens is 360 g/mol. The molecule has 138 valence electrons.